The lowest BCUT2D eigenvalue weighted by Crippen LogP contribution is -3.61. The van der Waals surface area contributed by atoms with Crippen molar-refractivity contribution in [2.75, 3.05) is 0 Å². The molecule has 0 amide bonds. The summed E-state index contributed by atoms with van der Waals surface area (Å²) in [5.41, 5.74) is 0. The molecule has 0 aliphatic rings. The monoisotopic (exact) mass is 801 g/mol. The second-order valence-electron chi connectivity index (χ2n) is 12.8. The normalized spacial score (nSPS) is 11.6. The van der Waals surface area contributed by atoms with E-state index in [-0.39, 0.29) is 11.5 Å². The highest BCUT2D eigenvalue weighted by atomic mass is 127. The van der Waals surface area contributed by atoms with Gasteiger partial charge in [0.05, 0.1) is 0 Å². The van der Waals surface area contributed by atoms with Crippen molar-refractivity contribution < 1.29 is 49.1 Å². The Morgan fingerprint density at radius 1 is 0.377 bits per heavy atom. The third kappa shape index (κ3) is 5.66. The lowest BCUT2D eigenvalue weighted by atomic mass is 9.98. The van der Waals surface area contributed by atoms with Crippen molar-refractivity contribution in [2.45, 2.75) is 0 Å². The van der Waals surface area contributed by atoms with Gasteiger partial charge >= 0.3 is 40.7 Å². The van der Waals surface area contributed by atoms with Gasteiger partial charge in [0.2, 0.25) is 11.5 Å². The van der Waals surface area contributed by atoms with Crippen molar-refractivity contribution in [3.63, 3.8) is 0 Å². The van der Waals surface area contributed by atoms with Gasteiger partial charge in [0.25, 0.3) is 0 Å². The van der Waals surface area contributed by atoms with Gasteiger partial charge in [0, 0.05) is 33.7 Å². The van der Waals surface area contributed by atoms with E-state index in [4.69, 9.17) is 18.3 Å². The molecule has 0 fully saturated rings. The average molecular weight is 802 g/mol. The molecule has 0 spiro atoms. The number of carbonyl (C=O) groups is 2. The van der Waals surface area contributed by atoms with E-state index in [0.717, 1.165) is 64.6 Å². The van der Waals surface area contributed by atoms with Crippen LogP contribution in [0.1, 0.15) is 21.1 Å². The van der Waals surface area contributed by atoms with Crippen molar-refractivity contribution >= 4 is 76.6 Å². The fourth-order valence-electron chi connectivity index (χ4n) is 6.98. The largest absolute Gasteiger partial charge is 0.443 e. The molecule has 7 heteroatoms. The van der Waals surface area contributed by atoms with E-state index in [2.05, 4.69) is 48.5 Å². The van der Waals surface area contributed by atoms with Crippen LogP contribution in [0.5, 0.6) is 11.5 Å². The van der Waals surface area contributed by atoms with Gasteiger partial charge in [-0.15, -0.1) is 0 Å². The minimum atomic E-state index is -1.01. The van der Waals surface area contributed by atoms with E-state index < -0.39 is 33.1 Å². The van der Waals surface area contributed by atoms with E-state index in [1.54, 1.807) is 24.3 Å². The van der Waals surface area contributed by atoms with Gasteiger partial charge in [-0.3, -0.25) is 0 Å². The fraction of sp³-hybridized carbons (Fsp3) is 0. The molecule has 0 N–H and O–H groups in total. The SMILES string of the molecule is O=C(Oc1c2ccccc2cc2cc3ccccc3cc12)c1ccc([I+]c2ccc(C(=O)Oc3c4ccccc4cc4cc5ccccc5cc34)o2)o1. The van der Waals surface area contributed by atoms with Crippen molar-refractivity contribution in [3.8, 4) is 11.5 Å². The van der Waals surface area contributed by atoms with E-state index in [0.29, 0.717) is 19.0 Å². The van der Waals surface area contributed by atoms with Crippen LogP contribution in [0.2, 0.25) is 0 Å². The molecule has 0 aliphatic heterocycles. The topological polar surface area (TPSA) is 78.9 Å². The number of carbonyl (C=O) groups excluding carboxylic acids is 2. The number of rotatable bonds is 6. The average Bonchev–Trinajstić information content (AvgIpc) is 3.87. The number of esters is 2. The first-order valence-corrected chi connectivity index (χ1v) is 19.2. The highest BCUT2D eigenvalue weighted by Gasteiger charge is 2.29. The molecule has 0 saturated heterocycles. The fourth-order valence-corrected chi connectivity index (χ4v) is 8.92. The number of furan rings is 2. The van der Waals surface area contributed by atoms with Crippen LogP contribution in [0, 0.1) is 7.53 Å². The number of halogens is 1. The molecule has 0 radical (unpaired) electrons. The van der Waals surface area contributed by atoms with Gasteiger partial charge in [-0.1, -0.05) is 97.1 Å². The lowest BCUT2D eigenvalue weighted by molar-refractivity contribution is -0.636. The second-order valence-corrected chi connectivity index (χ2v) is 15.4. The summed E-state index contributed by atoms with van der Waals surface area (Å²) in [6, 6.07) is 51.3. The van der Waals surface area contributed by atoms with Crippen molar-refractivity contribution in [2.24, 2.45) is 0 Å². The molecule has 0 unspecified atom stereocenters. The van der Waals surface area contributed by atoms with Crippen molar-refractivity contribution in [1.29, 1.82) is 0 Å². The molecule has 0 saturated carbocycles. The van der Waals surface area contributed by atoms with Gasteiger partial charge in [-0.05, 0) is 91.6 Å². The zero-order valence-corrected chi connectivity index (χ0v) is 30.0. The van der Waals surface area contributed by atoms with Gasteiger partial charge in [-0.25, -0.2) is 9.59 Å². The molecule has 8 aromatic carbocycles. The molecule has 2 aromatic heterocycles. The quantitative estimate of drug-likeness (QED) is 0.0729. The summed E-state index contributed by atoms with van der Waals surface area (Å²) < 4.78 is 25.4. The molecule has 0 atom stereocenters. The summed E-state index contributed by atoms with van der Waals surface area (Å²) in [5.74, 6) is -0.0355. The van der Waals surface area contributed by atoms with Gasteiger partial charge in [0.15, 0.2) is 0 Å². The summed E-state index contributed by atoms with van der Waals surface area (Å²) in [6.45, 7) is 0. The standard InChI is InChI=1S/C46H26IO6/c48-45(52-43-35-15-7-5-13-31(35)23-33-21-27-9-1-3-11-29(27)25-37(33)43)39-17-19-41(50-39)47-42-20-18-40(51-42)46(49)53-44-36-16-8-6-14-32(36)24-34-22-28-10-2-4-12-30(28)26-38(34)44/h1-26H/q+1. The third-order valence-electron chi connectivity index (χ3n) is 9.48. The Kier molecular flexibility index (Phi) is 7.47. The van der Waals surface area contributed by atoms with Crippen LogP contribution in [0.15, 0.2) is 167 Å². The number of ether oxygens (including phenoxy) is 2. The summed E-state index contributed by atoms with van der Waals surface area (Å²) >= 11 is -1.01. The Bertz CT molecular complexity index is 2880. The predicted molar refractivity (Wildman–Crippen MR) is 203 cm³/mol. The number of benzene rings is 8. The Labute approximate surface area is 312 Å². The maximum Gasteiger partial charge on any atom is 0.443 e. The van der Waals surface area contributed by atoms with E-state index in [1.165, 1.54) is 0 Å². The van der Waals surface area contributed by atoms with Crippen LogP contribution < -0.4 is 30.7 Å². The van der Waals surface area contributed by atoms with Gasteiger partial charge < -0.3 is 18.3 Å². The maximum atomic E-state index is 13.6. The molecular formula is C46H26IO6+. The summed E-state index contributed by atoms with van der Waals surface area (Å²) in [7, 11) is 0. The minimum absolute atomic E-state index is 0.0862. The molecular weight excluding hydrogens is 775 g/mol. The Morgan fingerprint density at radius 3 is 1.17 bits per heavy atom. The molecule has 2 heterocycles. The first-order chi connectivity index (χ1) is 26.0. The molecule has 10 aromatic rings. The minimum Gasteiger partial charge on any atom is -0.419 e. The van der Waals surface area contributed by atoms with Crippen LogP contribution in [0.4, 0.5) is 0 Å². The van der Waals surface area contributed by atoms with E-state index in [9.17, 15) is 9.59 Å². The van der Waals surface area contributed by atoms with Crippen LogP contribution in [-0.4, -0.2) is 11.9 Å². The Morgan fingerprint density at radius 2 is 0.736 bits per heavy atom. The number of hydrogen-bond acceptors (Lipinski definition) is 6. The van der Waals surface area contributed by atoms with E-state index in [1.807, 2.05) is 84.9 Å². The number of hydrogen-bond donors (Lipinski definition) is 0. The Balaban J connectivity index is 0.909. The smallest absolute Gasteiger partial charge is 0.419 e. The van der Waals surface area contributed by atoms with Gasteiger partial charge in [-0.2, -0.15) is 0 Å². The summed E-state index contributed by atoms with van der Waals surface area (Å²) in [5, 5.41) is 11.6. The molecule has 6 nitrogen and oxygen atoms in total. The molecule has 252 valence electrons. The van der Waals surface area contributed by atoms with Crippen LogP contribution in [0.25, 0.3) is 64.6 Å². The molecule has 53 heavy (non-hydrogen) atoms. The van der Waals surface area contributed by atoms with Gasteiger partial charge in [0.1, 0.15) is 11.5 Å². The Hall–Kier alpha value is -6.45. The lowest BCUT2D eigenvalue weighted by Gasteiger charge is -2.12. The molecule has 10 rings (SSSR count). The van der Waals surface area contributed by atoms with E-state index >= 15 is 0 Å². The second kappa shape index (κ2) is 12.6. The van der Waals surface area contributed by atoms with Crippen molar-refractivity contribution in [3.05, 3.63) is 177 Å². The summed E-state index contributed by atoms with van der Waals surface area (Å²) in [6.07, 6.45) is 0. The predicted octanol–water partition coefficient (Wildman–Crippen LogP) is 8.36. The number of fused-ring (bicyclic) bond motifs is 6. The maximum absolute atomic E-state index is 13.6. The summed E-state index contributed by atoms with van der Waals surface area (Å²) in [4.78, 5) is 27.1. The molecule has 0 aliphatic carbocycles. The highest BCUT2D eigenvalue weighted by Crippen LogP contribution is 2.39. The zero-order valence-electron chi connectivity index (χ0n) is 27.8. The van der Waals surface area contributed by atoms with Crippen LogP contribution in [-0.2, 0) is 0 Å². The third-order valence-corrected chi connectivity index (χ3v) is 11.7. The highest BCUT2D eigenvalue weighted by molar-refractivity contribution is 6.12. The first kappa shape index (κ1) is 31.3. The van der Waals surface area contributed by atoms with Crippen LogP contribution in [0.3, 0.4) is 0 Å². The zero-order chi connectivity index (χ0) is 35.5. The van der Waals surface area contributed by atoms with Crippen molar-refractivity contribution in [1.82, 2.24) is 0 Å². The first-order valence-electron chi connectivity index (χ1n) is 17.0. The molecule has 0 bridgehead atoms. The van der Waals surface area contributed by atoms with Crippen LogP contribution >= 0.6 is 0 Å².